The fourth-order valence-electron chi connectivity index (χ4n) is 3.44. The van der Waals surface area contributed by atoms with Gasteiger partial charge in [-0.05, 0) is 35.7 Å². The summed E-state index contributed by atoms with van der Waals surface area (Å²) in [5.74, 6) is 0. The van der Waals surface area contributed by atoms with E-state index in [1.54, 1.807) is 0 Å². The third-order valence-corrected chi connectivity index (χ3v) is 5.06. The fourth-order valence-corrected chi connectivity index (χ4v) is 3.44. The van der Waals surface area contributed by atoms with Crippen LogP contribution >= 0.6 is 0 Å². The van der Waals surface area contributed by atoms with Crippen LogP contribution in [-0.2, 0) is 0 Å². The summed E-state index contributed by atoms with van der Waals surface area (Å²) in [5.41, 5.74) is 7.35. The Kier molecular flexibility index (Phi) is 9.03. The van der Waals surface area contributed by atoms with E-state index < -0.39 is 0 Å². The third-order valence-electron chi connectivity index (χ3n) is 5.06. The first kappa shape index (κ1) is 24.7. The summed E-state index contributed by atoms with van der Waals surface area (Å²) < 4.78 is 2.01. The van der Waals surface area contributed by atoms with Crippen molar-refractivity contribution in [3.05, 3.63) is 97.1 Å². The average Bonchev–Trinajstić information content (AvgIpc) is 3.23. The molecule has 0 aliphatic heterocycles. The zero-order valence-electron chi connectivity index (χ0n) is 18.7. The highest BCUT2D eigenvalue weighted by molar-refractivity contribution is 5.94. The quantitative estimate of drug-likeness (QED) is 0.325. The Hall–Kier alpha value is -3.59. The molecule has 3 aromatic carbocycles. The van der Waals surface area contributed by atoms with E-state index in [4.69, 9.17) is 5.10 Å². The van der Waals surface area contributed by atoms with Crippen molar-refractivity contribution in [1.82, 2.24) is 15.1 Å². The van der Waals surface area contributed by atoms with Gasteiger partial charge in [-0.1, -0.05) is 102 Å². The minimum absolute atomic E-state index is 0. The molecule has 0 amide bonds. The number of hydrogen-bond acceptors (Lipinski definition) is 2. The molecule has 0 saturated carbocycles. The minimum Gasteiger partial charge on any atom is -0.385 e. The van der Waals surface area contributed by atoms with Crippen molar-refractivity contribution in [2.45, 2.75) is 34.6 Å². The van der Waals surface area contributed by atoms with Crippen molar-refractivity contribution in [3.8, 4) is 16.9 Å². The molecule has 0 radical (unpaired) electrons. The molecule has 0 aliphatic rings. The molecule has 1 N–H and O–H groups in total. The molecule has 1 aromatic heterocycles. The van der Waals surface area contributed by atoms with E-state index in [-0.39, 0.29) is 7.43 Å². The van der Waals surface area contributed by atoms with E-state index in [2.05, 4.69) is 98.2 Å². The summed E-state index contributed by atoms with van der Waals surface area (Å²) in [6, 6.07) is 25.1. The number of fused-ring (bicyclic) bond motifs is 1. The van der Waals surface area contributed by atoms with Crippen LogP contribution in [0.5, 0.6) is 0 Å². The largest absolute Gasteiger partial charge is 0.385 e. The molecule has 0 fully saturated rings. The van der Waals surface area contributed by atoms with E-state index in [0.717, 1.165) is 57.6 Å². The normalized spacial score (nSPS) is 9.97. The topological polar surface area (TPSA) is 29.9 Å². The maximum atomic E-state index is 4.96. The van der Waals surface area contributed by atoms with Gasteiger partial charge >= 0.3 is 0 Å². The van der Waals surface area contributed by atoms with Crippen LogP contribution in [0.25, 0.3) is 39.6 Å². The standard InChI is InChI=1S/C26H25N3.C2H6.CH4/c1-4-18-27-19(3)21-12-14-22(15-13-21)26-24-8-6-7-9-25(24)29(28-26)23-16-10-20(5-2)11-17-23;1-2;/h5-17,27H,2-4,18H2,1H3;1-2H3;1H4. The summed E-state index contributed by atoms with van der Waals surface area (Å²) in [5, 5.41) is 9.45. The molecule has 3 heteroatoms. The number of nitrogens with one attached hydrogen (secondary N) is 1. The molecule has 0 unspecified atom stereocenters. The number of benzene rings is 3. The number of rotatable bonds is 7. The third kappa shape index (κ3) is 5.17. The first-order valence-electron chi connectivity index (χ1n) is 11.0. The summed E-state index contributed by atoms with van der Waals surface area (Å²) in [4.78, 5) is 0. The van der Waals surface area contributed by atoms with Crippen LogP contribution in [0.4, 0.5) is 0 Å². The van der Waals surface area contributed by atoms with Gasteiger partial charge in [-0.15, -0.1) is 0 Å². The Morgan fingerprint density at radius 2 is 1.62 bits per heavy atom. The molecule has 166 valence electrons. The van der Waals surface area contributed by atoms with Crippen LogP contribution in [0.3, 0.4) is 0 Å². The highest BCUT2D eigenvalue weighted by Crippen LogP contribution is 2.30. The highest BCUT2D eigenvalue weighted by Gasteiger charge is 2.13. The first-order valence-corrected chi connectivity index (χ1v) is 11.0. The molecular formula is C29H35N3. The van der Waals surface area contributed by atoms with Crippen LogP contribution in [0.15, 0.2) is 86.0 Å². The Morgan fingerprint density at radius 1 is 0.969 bits per heavy atom. The maximum absolute atomic E-state index is 4.96. The Morgan fingerprint density at radius 3 is 2.25 bits per heavy atom. The van der Waals surface area contributed by atoms with Crippen LogP contribution in [0.2, 0.25) is 0 Å². The maximum Gasteiger partial charge on any atom is 0.101 e. The fraction of sp³-hybridized carbons (Fsp3) is 0.207. The van der Waals surface area contributed by atoms with Gasteiger partial charge in [0.05, 0.1) is 11.2 Å². The monoisotopic (exact) mass is 425 g/mol. The highest BCUT2D eigenvalue weighted by atomic mass is 15.3. The average molecular weight is 426 g/mol. The van der Waals surface area contributed by atoms with E-state index in [9.17, 15) is 0 Å². The summed E-state index contributed by atoms with van der Waals surface area (Å²) >= 11 is 0. The van der Waals surface area contributed by atoms with Crippen LogP contribution < -0.4 is 5.32 Å². The second-order valence-corrected chi connectivity index (χ2v) is 7.06. The molecule has 32 heavy (non-hydrogen) atoms. The van der Waals surface area contributed by atoms with Crippen molar-refractivity contribution < 1.29 is 0 Å². The van der Waals surface area contributed by atoms with Gasteiger partial charge in [0.2, 0.25) is 0 Å². The number of nitrogens with zero attached hydrogens (tertiary/aromatic N) is 2. The van der Waals surface area contributed by atoms with Crippen molar-refractivity contribution >= 4 is 22.7 Å². The van der Waals surface area contributed by atoms with Crippen LogP contribution in [0.1, 0.15) is 45.7 Å². The van der Waals surface area contributed by atoms with Gasteiger partial charge in [-0.25, -0.2) is 4.68 Å². The second kappa shape index (κ2) is 11.7. The van der Waals surface area contributed by atoms with Gasteiger partial charge in [0, 0.05) is 23.2 Å². The lowest BCUT2D eigenvalue weighted by molar-refractivity contribution is 0.825. The summed E-state index contributed by atoms with van der Waals surface area (Å²) in [6.07, 6.45) is 2.93. The lowest BCUT2D eigenvalue weighted by Gasteiger charge is -2.09. The lowest BCUT2D eigenvalue weighted by atomic mass is 10.0. The first-order chi connectivity index (χ1) is 15.2. The predicted octanol–water partition coefficient (Wildman–Crippen LogP) is 7.97. The predicted molar refractivity (Wildman–Crippen MR) is 142 cm³/mol. The van der Waals surface area contributed by atoms with Crippen molar-refractivity contribution in [2.24, 2.45) is 0 Å². The van der Waals surface area contributed by atoms with E-state index in [1.807, 2.05) is 24.6 Å². The molecule has 0 saturated heterocycles. The van der Waals surface area contributed by atoms with Crippen LogP contribution in [0, 0.1) is 0 Å². The SMILES string of the molecule is C.C=Cc1ccc(-n2nc(-c3ccc(C(=C)NCCC)cc3)c3ccccc32)cc1.CC. The van der Waals surface area contributed by atoms with Gasteiger partial charge in [0.1, 0.15) is 5.69 Å². The van der Waals surface area contributed by atoms with E-state index in [0.29, 0.717) is 0 Å². The van der Waals surface area contributed by atoms with E-state index >= 15 is 0 Å². The zero-order valence-corrected chi connectivity index (χ0v) is 18.7. The second-order valence-electron chi connectivity index (χ2n) is 7.06. The number of hydrogen-bond donors (Lipinski definition) is 1. The molecular weight excluding hydrogens is 390 g/mol. The molecule has 0 aliphatic carbocycles. The molecule has 0 bridgehead atoms. The van der Waals surface area contributed by atoms with Crippen LogP contribution in [-0.4, -0.2) is 16.3 Å². The smallest absolute Gasteiger partial charge is 0.101 e. The van der Waals surface area contributed by atoms with Gasteiger partial charge in [0.25, 0.3) is 0 Å². The molecule has 4 aromatic rings. The van der Waals surface area contributed by atoms with Crippen molar-refractivity contribution in [3.63, 3.8) is 0 Å². The minimum atomic E-state index is 0. The van der Waals surface area contributed by atoms with Crippen molar-refractivity contribution in [2.75, 3.05) is 6.54 Å². The number of aromatic nitrogens is 2. The molecule has 4 rings (SSSR count). The van der Waals surface area contributed by atoms with Gasteiger partial charge in [-0.2, -0.15) is 5.10 Å². The zero-order chi connectivity index (χ0) is 22.2. The summed E-state index contributed by atoms with van der Waals surface area (Å²) in [6.45, 7) is 15.0. The number of para-hydroxylation sites is 1. The molecule has 1 heterocycles. The lowest BCUT2D eigenvalue weighted by Crippen LogP contribution is -2.11. The van der Waals surface area contributed by atoms with Gasteiger partial charge in [-0.3, -0.25) is 0 Å². The molecule has 0 spiro atoms. The Bertz CT molecular complexity index is 1150. The van der Waals surface area contributed by atoms with Gasteiger partial charge < -0.3 is 5.32 Å². The van der Waals surface area contributed by atoms with Crippen molar-refractivity contribution in [1.29, 1.82) is 0 Å². The molecule has 3 nitrogen and oxygen atoms in total. The van der Waals surface area contributed by atoms with E-state index in [1.165, 1.54) is 0 Å². The van der Waals surface area contributed by atoms with Gasteiger partial charge in [0.15, 0.2) is 0 Å². The summed E-state index contributed by atoms with van der Waals surface area (Å²) in [7, 11) is 0. The Labute approximate surface area is 193 Å². The molecule has 0 atom stereocenters. The Balaban J connectivity index is 0.00000118.